The second-order valence-electron chi connectivity index (χ2n) is 9.46. The number of hydrogen-bond acceptors (Lipinski definition) is 7. The van der Waals surface area contributed by atoms with E-state index in [4.69, 9.17) is 17.2 Å². The Balaban J connectivity index is 2.87. The maximum Gasteiger partial charge on any atom is 0.326 e. The topological polar surface area (TPSA) is 194 Å². The summed E-state index contributed by atoms with van der Waals surface area (Å²) in [5, 5.41) is 14.8. The summed E-state index contributed by atoms with van der Waals surface area (Å²) in [6.45, 7) is 5.28. The van der Waals surface area contributed by atoms with Gasteiger partial charge in [-0.05, 0) is 76.8 Å². The average molecular weight is 485 g/mol. The summed E-state index contributed by atoms with van der Waals surface area (Å²) in [5.41, 5.74) is 17.1. The van der Waals surface area contributed by atoms with Crippen molar-refractivity contribution in [2.24, 2.45) is 23.1 Å². The van der Waals surface area contributed by atoms with E-state index in [1.54, 1.807) is 0 Å². The van der Waals surface area contributed by atoms with Crippen LogP contribution in [-0.4, -0.2) is 77.5 Å². The lowest BCUT2D eigenvalue weighted by molar-refractivity contribution is -0.143. The number of carboxylic acids is 1. The zero-order chi connectivity index (χ0) is 25.7. The Bertz CT molecular complexity index is 674. The van der Waals surface area contributed by atoms with Crippen molar-refractivity contribution in [3.63, 3.8) is 0 Å². The van der Waals surface area contributed by atoms with Crippen LogP contribution >= 0.6 is 0 Å². The molecule has 0 spiro atoms. The van der Waals surface area contributed by atoms with Crippen LogP contribution in [0.15, 0.2) is 0 Å². The molecule has 1 aliphatic rings. The number of nitrogens with two attached hydrogens (primary N) is 3. The molecular weight excluding hydrogens is 440 g/mol. The summed E-state index contributed by atoms with van der Waals surface area (Å²) in [4.78, 5) is 52.0. The van der Waals surface area contributed by atoms with E-state index in [9.17, 15) is 24.3 Å². The summed E-state index contributed by atoms with van der Waals surface area (Å²) >= 11 is 0. The molecule has 9 N–H and O–H groups in total. The van der Waals surface area contributed by atoms with Crippen molar-refractivity contribution in [1.82, 2.24) is 15.5 Å². The van der Waals surface area contributed by atoms with Gasteiger partial charge in [-0.2, -0.15) is 0 Å². The van der Waals surface area contributed by atoms with E-state index in [1.165, 1.54) is 4.90 Å². The van der Waals surface area contributed by atoms with Gasteiger partial charge in [0.1, 0.15) is 18.1 Å². The Kier molecular flexibility index (Phi) is 13.7. The first-order valence-corrected chi connectivity index (χ1v) is 12.4. The van der Waals surface area contributed by atoms with Crippen molar-refractivity contribution in [2.45, 2.75) is 95.8 Å². The number of carboxylic acid groups (broad SMARTS) is 1. The molecule has 1 heterocycles. The van der Waals surface area contributed by atoms with Gasteiger partial charge in [-0.1, -0.05) is 13.8 Å². The van der Waals surface area contributed by atoms with Gasteiger partial charge < -0.3 is 37.8 Å². The zero-order valence-corrected chi connectivity index (χ0v) is 20.6. The van der Waals surface area contributed by atoms with Crippen molar-refractivity contribution in [2.75, 3.05) is 19.6 Å². The van der Waals surface area contributed by atoms with Crippen molar-refractivity contribution in [3.05, 3.63) is 0 Å². The molecule has 0 radical (unpaired) electrons. The first-order valence-electron chi connectivity index (χ1n) is 12.4. The molecule has 1 aliphatic heterocycles. The van der Waals surface area contributed by atoms with Crippen LogP contribution < -0.4 is 27.8 Å². The number of hydrogen-bond donors (Lipinski definition) is 6. The van der Waals surface area contributed by atoms with E-state index < -0.39 is 42.0 Å². The minimum Gasteiger partial charge on any atom is -0.480 e. The van der Waals surface area contributed by atoms with Crippen molar-refractivity contribution < 1.29 is 24.3 Å². The largest absolute Gasteiger partial charge is 0.480 e. The van der Waals surface area contributed by atoms with Gasteiger partial charge in [0.25, 0.3) is 0 Å². The van der Waals surface area contributed by atoms with E-state index >= 15 is 0 Å². The fourth-order valence-electron chi connectivity index (χ4n) is 4.18. The van der Waals surface area contributed by atoms with Gasteiger partial charge in [0.15, 0.2) is 0 Å². The predicted octanol–water partition coefficient (Wildman–Crippen LogP) is -0.337. The van der Waals surface area contributed by atoms with E-state index in [1.807, 2.05) is 13.8 Å². The fraction of sp³-hybridized carbons (Fsp3) is 0.826. The molecule has 0 aliphatic carbocycles. The highest BCUT2D eigenvalue weighted by molar-refractivity contribution is 5.94. The fourth-order valence-corrected chi connectivity index (χ4v) is 4.18. The van der Waals surface area contributed by atoms with Gasteiger partial charge in [0.2, 0.25) is 17.7 Å². The maximum absolute atomic E-state index is 13.1. The lowest BCUT2D eigenvalue weighted by Gasteiger charge is -2.29. The van der Waals surface area contributed by atoms with Gasteiger partial charge in [-0.3, -0.25) is 14.4 Å². The summed E-state index contributed by atoms with van der Waals surface area (Å²) in [6, 6.07) is -3.36. The number of likely N-dealkylation sites (tertiary alicyclic amines) is 1. The Labute approximate surface area is 202 Å². The second-order valence-corrected chi connectivity index (χ2v) is 9.46. The molecule has 11 heteroatoms. The van der Waals surface area contributed by atoms with E-state index in [-0.39, 0.29) is 18.2 Å². The third-order valence-electron chi connectivity index (χ3n) is 6.02. The monoisotopic (exact) mass is 484 g/mol. The molecule has 1 saturated heterocycles. The molecule has 11 nitrogen and oxygen atoms in total. The van der Waals surface area contributed by atoms with Crippen LogP contribution in [0.3, 0.4) is 0 Å². The van der Waals surface area contributed by atoms with Gasteiger partial charge in [0, 0.05) is 6.54 Å². The Morgan fingerprint density at radius 1 is 0.971 bits per heavy atom. The molecular formula is C23H44N6O5. The third kappa shape index (κ3) is 9.94. The van der Waals surface area contributed by atoms with Crippen LogP contribution in [0.25, 0.3) is 0 Å². The highest BCUT2D eigenvalue weighted by Crippen LogP contribution is 2.20. The van der Waals surface area contributed by atoms with Gasteiger partial charge in [-0.15, -0.1) is 0 Å². The molecule has 4 atom stereocenters. The zero-order valence-electron chi connectivity index (χ0n) is 20.6. The smallest absolute Gasteiger partial charge is 0.326 e. The summed E-state index contributed by atoms with van der Waals surface area (Å²) in [7, 11) is 0. The van der Waals surface area contributed by atoms with Crippen LogP contribution in [0.1, 0.15) is 71.6 Å². The van der Waals surface area contributed by atoms with Crippen molar-refractivity contribution in [3.8, 4) is 0 Å². The Hall–Kier alpha value is -2.24. The Morgan fingerprint density at radius 2 is 1.56 bits per heavy atom. The lowest BCUT2D eigenvalue weighted by atomic mass is 10.0. The Morgan fingerprint density at radius 3 is 2.09 bits per heavy atom. The minimum absolute atomic E-state index is 0.247. The van der Waals surface area contributed by atoms with Crippen LogP contribution in [0.5, 0.6) is 0 Å². The quantitative estimate of drug-likeness (QED) is 0.160. The molecule has 0 saturated carbocycles. The number of nitrogens with one attached hydrogen (secondary N) is 2. The number of aliphatic carboxylic acids is 1. The highest BCUT2D eigenvalue weighted by atomic mass is 16.4. The van der Waals surface area contributed by atoms with Gasteiger partial charge >= 0.3 is 5.97 Å². The standard InChI is InChI=1S/C23H44N6O5/c1-15(2)14-16(26)22(32)29-13-7-10-19(29)21(31)27-17(8-3-5-11-24)20(30)28-18(23(33)34)9-4-6-12-25/h15-19H,3-14,24-26H2,1-2H3,(H,27,31)(H,28,30)(H,33,34). The van der Waals surface area contributed by atoms with Crippen molar-refractivity contribution >= 4 is 23.7 Å². The SMILES string of the molecule is CC(C)CC(N)C(=O)N1CCCC1C(=O)NC(CCCCN)C(=O)NC(CCCCN)C(=O)O. The molecule has 196 valence electrons. The first kappa shape index (κ1) is 29.8. The number of rotatable bonds is 16. The van der Waals surface area contributed by atoms with Gasteiger partial charge in [0.05, 0.1) is 6.04 Å². The third-order valence-corrected chi connectivity index (χ3v) is 6.02. The molecule has 34 heavy (non-hydrogen) atoms. The highest BCUT2D eigenvalue weighted by Gasteiger charge is 2.37. The van der Waals surface area contributed by atoms with E-state index in [0.29, 0.717) is 71.0 Å². The average Bonchev–Trinajstić information content (AvgIpc) is 3.26. The molecule has 3 amide bonds. The molecule has 0 aromatic heterocycles. The second kappa shape index (κ2) is 15.6. The molecule has 4 unspecified atom stereocenters. The normalized spacial score (nSPS) is 18.4. The van der Waals surface area contributed by atoms with E-state index in [2.05, 4.69) is 10.6 Å². The number of amides is 3. The molecule has 0 aromatic rings. The minimum atomic E-state index is -1.14. The van der Waals surface area contributed by atoms with Crippen LogP contribution in [0, 0.1) is 5.92 Å². The number of carbonyl (C=O) groups excluding carboxylic acids is 3. The number of nitrogens with zero attached hydrogens (tertiary/aromatic N) is 1. The summed E-state index contributed by atoms with van der Waals surface area (Å²) in [6.07, 6.45) is 4.72. The molecule has 1 rings (SSSR count). The molecule has 0 bridgehead atoms. The number of unbranched alkanes of at least 4 members (excludes halogenated alkanes) is 2. The van der Waals surface area contributed by atoms with Crippen LogP contribution in [0.4, 0.5) is 0 Å². The first-order chi connectivity index (χ1) is 16.1. The van der Waals surface area contributed by atoms with Crippen molar-refractivity contribution in [1.29, 1.82) is 0 Å². The maximum atomic E-state index is 13.1. The summed E-state index contributed by atoms with van der Waals surface area (Å²) < 4.78 is 0. The van der Waals surface area contributed by atoms with E-state index in [0.717, 1.165) is 0 Å². The van der Waals surface area contributed by atoms with Crippen LogP contribution in [-0.2, 0) is 19.2 Å². The predicted molar refractivity (Wildman–Crippen MR) is 129 cm³/mol. The molecule has 0 aromatic carbocycles. The number of carbonyl (C=O) groups is 4. The summed E-state index contributed by atoms with van der Waals surface area (Å²) in [5.74, 6) is -2.13. The van der Waals surface area contributed by atoms with Gasteiger partial charge in [-0.25, -0.2) is 4.79 Å². The molecule has 1 fully saturated rings. The van der Waals surface area contributed by atoms with Crippen LogP contribution in [0.2, 0.25) is 0 Å². The lowest BCUT2D eigenvalue weighted by Crippen LogP contribution is -2.56.